The van der Waals surface area contributed by atoms with Crippen molar-refractivity contribution in [2.45, 2.75) is 6.92 Å². The molecule has 4 aromatic rings. The highest BCUT2D eigenvalue weighted by Gasteiger charge is 2.18. The topological polar surface area (TPSA) is 81.2 Å². The van der Waals surface area contributed by atoms with Crippen LogP contribution in [0, 0.1) is 17.0 Å². The third kappa shape index (κ3) is 3.12. The van der Waals surface area contributed by atoms with Gasteiger partial charge in [0.05, 0.1) is 22.0 Å². The summed E-state index contributed by atoms with van der Waals surface area (Å²) in [7, 11) is 0. The highest BCUT2D eigenvalue weighted by atomic mass is 16.6. The molecule has 0 bridgehead atoms. The van der Waals surface area contributed by atoms with Gasteiger partial charge in [0.25, 0.3) is 0 Å². The number of nitro groups is 1. The van der Waals surface area contributed by atoms with E-state index >= 15 is 0 Å². The third-order valence-electron chi connectivity index (χ3n) is 4.52. The van der Waals surface area contributed by atoms with Gasteiger partial charge in [0.2, 0.25) is 0 Å². The molecule has 0 fully saturated rings. The van der Waals surface area contributed by atoms with Crippen LogP contribution in [0.15, 0.2) is 78.9 Å². The summed E-state index contributed by atoms with van der Waals surface area (Å²) in [6, 6.07) is 23.9. The van der Waals surface area contributed by atoms with Crippen molar-refractivity contribution >= 4 is 5.69 Å². The number of nitrogens with zero attached hydrogens (tertiary/aromatic N) is 3. The van der Waals surface area contributed by atoms with Gasteiger partial charge in [-0.15, -0.1) is 0 Å². The molecule has 0 aliphatic rings. The van der Waals surface area contributed by atoms with E-state index in [0.717, 1.165) is 28.2 Å². The first kappa shape index (κ1) is 17.5. The largest absolute Gasteiger partial charge is 0.502 e. The van der Waals surface area contributed by atoms with E-state index in [-0.39, 0.29) is 11.4 Å². The monoisotopic (exact) mass is 371 g/mol. The Hall–Kier alpha value is -3.93. The zero-order valence-electron chi connectivity index (χ0n) is 15.1. The summed E-state index contributed by atoms with van der Waals surface area (Å²) < 4.78 is 1.85. The van der Waals surface area contributed by atoms with Crippen molar-refractivity contribution in [1.29, 1.82) is 0 Å². The first-order valence-electron chi connectivity index (χ1n) is 8.74. The third-order valence-corrected chi connectivity index (χ3v) is 4.52. The average molecular weight is 371 g/mol. The lowest BCUT2D eigenvalue weighted by Gasteiger charge is -2.13. The Labute approximate surface area is 161 Å². The molecular formula is C22H17N3O3. The summed E-state index contributed by atoms with van der Waals surface area (Å²) in [5.41, 5.74) is 4.71. The highest BCUT2D eigenvalue weighted by molar-refractivity contribution is 5.77. The zero-order chi connectivity index (χ0) is 19.7. The molecule has 0 unspecified atom stereocenters. The Bertz CT molecular complexity index is 1170. The average Bonchev–Trinajstić information content (AvgIpc) is 3.10. The smallest absolute Gasteiger partial charge is 0.311 e. The van der Waals surface area contributed by atoms with Crippen LogP contribution in [0.2, 0.25) is 0 Å². The molecule has 0 saturated heterocycles. The summed E-state index contributed by atoms with van der Waals surface area (Å²) >= 11 is 0. The van der Waals surface area contributed by atoms with Crippen LogP contribution in [0.5, 0.6) is 5.75 Å². The van der Waals surface area contributed by atoms with Crippen LogP contribution in [-0.4, -0.2) is 19.8 Å². The fourth-order valence-electron chi connectivity index (χ4n) is 3.24. The number of aryl methyl sites for hydroxylation is 1. The SMILES string of the molecule is Cc1cc(-c2ccccc2)n(-c2ccccc2-c2ccc(O)c([N+](=O)[O-])c2)n1. The van der Waals surface area contributed by atoms with E-state index in [2.05, 4.69) is 5.10 Å². The number of hydrogen-bond donors (Lipinski definition) is 1. The summed E-state index contributed by atoms with van der Waals surface area (Å²) in [5.74, 6) is -0.355. The highest BCUT2D eigenvalue weighted by Crippen LogP contribution is 2.35. The first-order chi connectivity index (χ1) is 13.5. The molecule has 0 saturated carbocycles. The minimum absolute atomic E-state index is 0.327. The molecule has 0 aliphatic heterocycles. The molecule has 1 heterocycles. The number of phenolic OH excluding ortho intramolecular Hbond substituents is 1. The summed E-state index contributed by atoms with van der Waals surface area (Å²) in [5, 5.41) is 25.7. The van der Waals surface area contributed by atoms with Crippen molar-refractivity contribution in [3.63, 3.8) is 0 Å². The van der Waals surface area contributed by atoms with Crippen LogP contribution < -0.4 is 0 Å². The van der Waals surface area contributed by atoms with Crippen LogP contribution in [0.25, 0.3) is 28.1 Å². The lowest BCUT2D eigenvalue weighted by Crippen LogP contribution is -2.02. The van der Waals surface area contributed by atoms with Crippen molar-refractivity contribution in [3.05, 3.63) is 94.7 Å². The van der Waals surface area contributed by atoms with Crippen molar-refractivity contribution in [3.8, 4) is 33.8 Å². The summed E-state index contributed by atoms with van der Waals surface area (Å²) in [6.07, 6.45) is 0. The molecule has 6 heteroatoms. The number of hydrogen-bond acceptors (Lipinski definition) is 4. The molecule has 0 radical (unpaired) electrons. The Morgan fingerprint density at radius 3 is 2.39 bits per heavy atom. The molecule has 0 amide bonds. The molecule has 0 spiro atoms. The van der Waals surface area contributed by atoms with Gasteiger partial charge in [-0.1, -0.05) is 54.6 Å². The van der Waals surface area contributed by atoms with Crippen LogP contribution in [0.3, 0.4) is 0 Å². The maximum absolute atomic E-state index is 11.2. The molecule has 28 heavy (non-hydrogen) atoms. The molecule has 6 nitrogen and oxygen atoms in total. The Kier molecular flexibility index (Phi) is 4.37. The molecule has 3 aromatic carbocycles. The van der Waals surface area contributed by atoms with Crippen molar-refractivity contribution in [2.75, 3.05) is 0 Å². The van der Waals surface area contributed by atoms with Gasteiger partial charge >= 0.3 is 5.69 Å². The minimum atomic E-state index is -0.588. The summed E-state index contributed by atoms with van der Waals surface area (Å²) in [6.45, 7) is 1.93. The predicted molar refractivity (Wildman–Crippen MR) is 107 cm³/mol. The standard InChI is InChI=1S/C22H17N3O3/c1-15-13-20(16-7-3-2-4-8-16)24(23-15)19-10-6-5-9-18(19)17-11-12-22(26)21(14-17)25(27)28/h2-14,26H,1H3. The second kappa shape index (κ2) is 7.00. The number of nitro benzene ring substituents is 1. The van der Waals surface area contributed by atoms with E-state index in [1.54, 1.807) is 6.07 Å². The van der Waals surface area contributed by atoms with Gasteiger partial charge in [0.1, 0.15) is 0 Å². The fraction of sp³-hybridized carbons (Fsp3) is 0.0455. The van der Waals surface area contributed by atoms with Crippen LogP contribution in [0.1, 0.15) is 5.69 Å². The Balaban J connectivity index is 1.92. The number of aromatic hydroxyl groups is 1. The number of para-hydroxylation sites is 1. The number of benzene rings is 3. The number of aromatic nitrogens is 2. The molecule has 138 valence electrons. The number of rotatable bonds is 4. The van der Waals surface area contributed by atoms with Crippen LogP contribution in [0.4, 0.5) is 5.69 Å². The first-order valence-corrected chi connectivity index (χ1v) is 8.74. The maximum Gasteiger partial charge on any atom is 0.311 e. The minimum Gasteiger partial charge on any atom is -0.502 e. The normalized spacial score (nSPS) is 10.8. The molecular weight excluding hydrogens is 354 g/mol. The number of phenols is 1. The van der Waals surface area contributed by atoms with Gasteiger partial charge in [0.15, 0.2) is 5.75 Å². The lowest BCUT2D eigenvalue weighted by molar-refractivity contribution is -0.385. The Morgan fingerprint density at radius 1 is 0.929 bits per heavy atom. The van der Waals surface area contributed by atoms with Gasteiger partial charge in [-0.25, -0.2) is 4.68 Å². The maximum atomic E-state index is 11.2. The van der Waals surface area contributed by atoms with E-state index in [9.17, 15) is 15.2 Å². The van der Waals surface area contributed by atoms with Gasteiger partial charge < -0.3 is 5.11 Å². The Morgan fingerprint density at radius 2 is 1.64 bits per heavy atom. The van der Waals surface area contributed by atoms with Crippen molar-refractivity contribution < 1.29 is 10.0 Å². The van der Waals surface area contributed by atoms with Crippen molar-refractivity contribution in [2.24, 2.45) is 0 Å². The van der Waals surface area contributed by atoms with Crippen LogP contribution >= 0.6 is 0 Å². The van der Waals surface area contributed by atoms with E-state index in [1.807, 2.05) is 72.3 Å². The fourth-order valence-corrected chi connectivity index (χ4v) is 3.24. The summed E-state index contributed by atoms with van der Waals surface area (Å²) in [4.78, 5) is 10.6. The van der Waals surface area contributed by atoms with E-state index < -0.39 is 4.92 Å². The molecule has 1 aromatic heterocycles. The predicted octanol–water partition coefficient (Wildman–Crippen LogP) is 5.13. The molecule has 4 rings (SSSR count). The lowest BCUT2D eigenvalue weighted by atomic mass is 10.0. The van der Waals surface area contributed by atoms with Gasteiger partial charge in [-0.05, 0) is 30.7 Å². The van der Waals surface area contributed by atoms with Gasteiger partial charge in [0, 0.05) is 17.2 Å². The molecule has 1 N–H and O–H groups in total. The van der Waals surface area contributed by atoms with Crippen LogP contribution in [-0.2, 0) is 0 Å². The van der Waals surface area contributed by atoms with E-state index in [1.165, 1.54) is 12.1 Å². The molecule has 0 aliphatic carbocycles. The second-order valence-electron chi connectivity index (χ2n) is 6.43. The van der Waals surface area contributed by atoms with E-state index in [4.69, 9.17) is 0 Å². The zero-order valence-corrected chi connectivity index (χ0v) is 15.1. The van der Waals surface area contributed by atoms with Gasteiger partial charge in [-0.3, -0.25) is 10.1 Å². The quantitative estimate of drug-likeness (QED) is 0.398. The van der Waals surface area contributed by atoms with Crippen molar-refractivity contribution in [1.82, 2.24) is 9.78 Å². The van der Waals surface area contributed by atoms with Gasteiger partial charge in [-0.2, -0.15) is 5.10 Å². The second-order valence-corrected chi connectivity index (χ2v) is 6.43. The molecule has 0 atom stereocenters. The van der Waals surface area contributed by atoms with E-state index in [0.29, 0.717) is 5.56 Å².